The summed E-state index contributed by atoms with van der Waals surface area (Å²) in [7, 11) is 3.29. The number of aromatic nitrogens is 1. The highest BCUT2D eigenvalue weighted by molar-refractivity contribution is 6.11. The zero-order chi connectivity index (χ0) is 45.4. The summed E-state index contributed by atoms with van der Waals surface area (Å²) in [6.45, 7) is 5.50. The second-order valence-corrected chi connectivity index (χ2v) is 14.0. The van der Waals surface area contributed by atoms with Gasteiger partial charge in [0.1, 0.15) is 6.61 Å². The zero-order valence-corrected chi connectivity index (χ0v) is 34.5. The first-order chi connectivity index (χ1) is 30.2. The fourth-order valence-electron chi connectivity index (χ4n) is 6.39. The highest BCUT2D eigenvalue weighted by atomic mass is 19.4. The summed E-state index contributed by atoms with van der Waals surface area (Å²) < 4.78 is 59.4. The van der Waals surface area contributed by atoms with Gasteiger partial charge in [-0.3, -0.25) is 19.5 Å². The fourth-order valence-corrected chi connectivity index (χ4v) is 6.39. The Morgan fingerprint density at radius 3 is 2.10 bits per heavy atom. The molecule has 0 saturated heterocycles. The predicted molar refractivity (Wildman–Crippen MR) is 226 cm³/mol. The van der Waals surface area contributed by atoms with E-state index in [1.165, 1.54) is 29.3 Å². The number of nitrogens with zero attached hydrogens (tertiary/aromatic N) is 2. The van der Waals surface area contributed by atoms with Gasteiger partial charge in [-0.25, -0.2) is 9.59 Å². The first-order valence-corrected chi connectivity index (χ1v) is 19.7. The maximum atomic E-state index is 13.3. The number of hydrogen-bond acceptors (Lipinski definition) is 11. The molecule has 1 aromatic heterocycles. The number of alkyl halides is 3. The van der Waals surface area contributed by atoms with E-state index in [2.05, 4.69) is 32.7 Å². The van der Waals surface area contributed by atoms with Crippen LogP contribution in [-0.4, -0.2) is 117 Å². The van der Waals surface area contributed by atoms with Crippen molar-refractivity contribution in [1.29, 1.82) is 0 Å². The van der Waals surface area contributed by atoms with Crippen molar-refractivity contribution in [1.82, 2.24) is 9.88 Å². The number of aliphatic carboxylic acids is 1. The molecule has 4 aromatic carbocycles. The second-order valence-electron chi connectivity index (χ2n) is 14.0. The minimum atomic E-state index is -5.08. The molecule has 0 bridgehead atoms. The molecule has 63 heavy (non-hydrogen) atoms. The van der Waals surface area contributed by atoms with E-state index in [4.69, 9.17) is 33.6 Å². The summed E-state index contributed by atoms with van der Waals surface area (Å²) in [5, 5.41) is 23.2. The molecule has 1 aliphatic rings. The summed E-state index contributed by atoms with van der Waals surface area (Å²) in [5.74, 6) is -3.52. The first kappa shape index (κ1) is 47.4. The minimum Gasteiger partial charge on any atom is -0.493 e. The van der Waals surface area contributed by atoms with Gasteiger partial charge in [0.05, 0.1) is 56.9 Å². The minimum absolute atomic E-state index is 0.0149. The highest BCUT2D eigenvalue weighted by Crippen LogP contribution is 2.34. The molecule has 0 spiro atoms. The van der Waals surface area contributed by atoms with Crippen LogP contribution in [0.5, 0.6) is 11.5 Å². The number of amides is 2. The molecular formula is C45H47F3N4O11. The zero-order valence-electron chi connectivity index (χ0n) is 34.5. The van der Waals surface area contributed by atoms with Gasteiger partial charge in [-0.1, -0.05) is 18.2 Å². The van der Waals surface area contributed by atoms with Crippen molar-refractivity contribution in [2.24, 2.45) is 0 Å². The van der Waals surface area contributed by atoms with Gasteiger partial charge < -0.3 is 44.5 Å². The number of nitrogens with one attached hydrogen (secondary N) is 2. The average molecular weight is 877 g/mol. The number of aromatic carboxylic acids is 1. The van der Waals surface area contributed by atoms with Gasteiger partial charge in [0, 0.05) is 55.1 Å². The van der Waals surface area contributed by atoms with Crippen molar-refractivity contribution in [2.75, 3.05) is 77.6 Å². The number of carbonyl (C=O) groups is 4. The number of carboxylic acid groups (broad SMARTS) is 2. The number of fused-ring (bicyclic) bond motifs is 2. The Hall–Kier alpha value is -6.60. The summed E-state index contributed by atoms with van der Waals surface area (Å²) in [6, 6.07) is 24.5. The Kier molecular flexibility index (Phi) is 17.3. The van der Waals surface area contributed by atoms with Crippen LogP contribution in [0.3, 0.4) is 0 Å². The largest absolute Gasteiger partial charge is 0.493 e. The third kappa shape index (κ3) is 14.2. The van der Waals surface area contributed by atoms with Gasteiger partial charge in [0.15, 0.2) is 11.5 Å². The molecule has 4 N–H and O–H groups in total. The van der Waals surface area contributed by atoms with E-state index in [0.717, 1.165) is 48.9 Å². The van der Waals surface area contributed by atoms with Gasteiger partial charge >= 0.3 is 18.1 Å². The third-order valence-corrected chi connectivity index (χ3v) is 9.66. The molecule has 1 aliphatic heterocycles. The van der Waals surface area contributed by atoms with Gasteiger partial charge in [0.25, 0.3) is 11.8 Å². The van der Waals surface area contributed by atoms with E-state index >= 15 is 0 Å². The molecule has 0 radical (unpaired) electrons. The second kappa shape index (κ2) is 23.0. The highest BCUT2D eigenvalue weighted by Gasteiger charge is 2.38. The quantitative estimate of drug-likeness (QED) is 0.0638. The Morgan fingerprint density at radius 2 is 1.41 bits per heavy atom. The number of halogens is 3. The van der Waals surface area contributed by atoms with Crippen molar-refractivity contribution in [2.45, 2.75) is 25.6 Å². The van der Waals surface area contributed by atoms with Crippen LogP contribution in [0, 0.1) is 0 Å². The lowest BCUT2D eigenvalue weighted by Crippen LogP contribution is -2.32. The SMILES string of the molecule is COCCOCCOCCOc1cc2c(cc1OC)CCN(CCc1ccc(NC(=O)c3ccc(C(=O)O)c(NC(=O)c4ccc5ncccc5c4)c3)cc1)C2.O=C(O)C(F)(F)F. The maximum absolute atomic E-state index is 13.3. The van der Waals surface area contributed by atoms with Crippen LogP contribution < -0.4 is 20.1 Å². The number of pyridine rings is 1. The smallest absolute Gasteiger partial charge is 0.490 e. The molecule has 5 aromatic rings. The number of methoxy groups -OCH3 is 2. The fraction of sp³-hybridized carbons (Fsp3) is 0.311. The monoisotopic (exact) mass is 876 g/mol. The molecule has 2 heterocycles. The van der Waals surface area contributed by atoms with Crippen LogP contribution in [-0.2, 0) is 38.4 Å². The molecule has 0 unspecified atom stereocenters. The Balaban J connectivity index is 0.000000985. The van der Waals surface area contributed by atoms with E-state index in [1.54, 1.807) is 44.7 Å². The van der Waals surface area contributed by atoms with Crippen LogP contribution in [0.25, 0.3) is 10.9 Å². The number of ether oxygens (including phenoxy) is 5. The third-order valence-electron chi connectivity index (χ3n) is 9.66. The van der Waals surface area contributed by atoms with E-state index in [0.29, 0.717) is 62.4 Å². The number of hydrogen-bond donors (Lipinski definition) is 4. The molecule has 6 rings (SSSR count). The molecule has 0 aliphatic carbocycles. The van der Waals surface area contributed by atoms with Crippen molar-refractivity contribution in [3.63, 3.8) is 0 Å². The van der Waals surface area contributed by atoms with Crippen LogP contribution in [0.15, 0.2) is 91.1 Å². The van der Waals surface area contributed by atoms with Crippen LogP contribution in [0.4, 0.5) is 24.5 Å². The van der Waals surface area contributed by atoms with E-state index in [9.17, 15) is 32.7 Å². The standard InChI is InChI=1S/C43H46N4O9.C2HF3O2/c1-52-18-19-54-20-21-55-22-23-56-40-27-34-28-47(17-14-30(34)26-39(40)53-2)16-13-29-5-9-35(10-6-29)45-41(48)33-7-11-36(43(50)51)38(25-33)46-42(49)32-8-12-37-31(24-32)4-3-15-44-37;3-2(4,5)1(6)7/h3-12,15,24-27H,13-14,16-23,28H2,1-2H3,(H,45,48)(H,46,49)(H,50,51);(H,6,7). The summed E-state index contributed by atoms with van der Waals surface area (Å²) in [6.07, 6.45) is -1.69. The molecule has 0 atom stereocenters. The first-order valence-electron chi connectivity index (χ1n) is 19.7. The topological polar surface area (TPSA) is 195 Å². The Labute approximate surface area is 360 Å². The summed E-state index contributed by atoms with van der Waals surface area (Å²) in [4.78, 5) is 53.9. The Morgan fingerprint density at radius 1 is 0.762 bits per heavy atom. The van der Waals surface area contributed by atoms with Gasteiger partial charge in [-0.15, -0.1) is 0 Å². The van der Waals surface area contributed by atoms with Crippen LogP contribution >= 0.6 is 0 Å². The predicted octanol–water partition coefficient (Wildman–Crippen LogP) is 6.74. The van der Waals surface area contributed by atoms with Crippen LogP contribution in [0.2, 0.25) is 0 Å². The molecule has 0 saturated carbocycles. The average Bonchev–Trinajstić information content (AvgIpc) is 3.27. The number of carbonyl (C=O) groups excluding carboxylic acids is 2. The van der Waals surface area contributed by atoms with Gasteiger partial charge in [0.2, 0.25) is 0 Å². The number of rotatable bonds is 19. The van der Waals surface area contributed by atoms with Crippen molar-refractivity contribution in [3.05, 3.63) is 125 Å². The van der Waals surface area contributed by atoms with Gasteiger partial charge in [-0.05, 0) is 96.3 Å². The summed E-state index contributed by atoms with van der Waals surface area (Å²) >= 11 is 0. The molecule has 18 heteroatoms. The number of carboxylic acids is 2. The molecule has 0 fully saturated rings. The van der Waals surface area contributed by atoms with E-state index < -0.39 is 29.9 Å². The lowest BCUT2D eigenvalue weighted by molar-refractivity contribution is -0.192. The van der Waals surface area contributed by atoms with Crippen molar-refractivity contribution in [3.8, 4) is 11.5 Å². The molecule has 334 valence electrons. The van der Waals surface area contributed by atoms with E-state index in [-0.39, 0.29) is 16.8 Å². The maximum Gasteiger partial charge on any atom is 0.490 e. The lowest BCUT2D eigenvalue weighted by Gasteiger charge is -2.29. The molecule has 2 amide bonds. The van der Waals surface area contributed by atoms with Crippen molar-refractivity contribution >= 4 is 46.0 Å². The summed E-state index contributed by atoms with van der Waals surface area (Å²) in [5.41, 5.74) is 5.31. The normalized spacial score (nSPS) is 12.4. The number of anilines is 2. The molecular weight excluding hydrogens is 830 g/mol. The Bertz CT molecular complexity index is 2360. The number of benzene rings is 4. The lowest BCUT2D eigenvalue weighted by atomic mass is 9.98. The van der Waals surface area contributed by atoms with Gasteiger partial charge in [-0.2, -0.15) is 13.2 Å². The van der Waals surface area contributed by atoms with E-state index in [1.807, 2.05) is 30.3 Å². The van der Waals surface area contributed by atoms with Crippen molar-refractivity contribution < 1.29 is 66.2 Å². The van der Waals surface area contributed by atoms with Crippen LogP contribution in [0.1, 0.15) is 47.8 Å². The molecule has 15 nitrogen and oxygen atoms in total.